The number of hydrogen-bond donors (Lipinski definition) is 0. The zero-order chi connectivity index (χ0) is 16.4. The number of aryl methyl sites for hydroxylation is 1. The van der Waals surface area contributed by atoms with Crippen molar-refractivity contribution in [3.05, 3.63) is 40.4 Å². The van der Waals surface area contributed by atoms with E-state index in [0.717, 1.165) is 0 Å². The Labute approximate surface area is 128 Å². The van der Waals surface area contributed by atoms with E-state index in [0.29, 0.717) is 23.1 Å². The van der Waals surface area contributed by atoms with Gasteiger partial charge >= 0.3 is 0 Å². The molecule has 0 N–H and O–H groups in total. The molecule has 6 nitrogen and oxygen atoms in total. The lowest BCUT2D eigenvalue weighted by atomic mass is 10.2. The summed E-state index contributed by atoms with van der Waals surface area (Å²) < 4.78 is 1.23. The molecule has 0 unspecified atom stereocenters. The summed E-state index contributed by atoms with van der Waals surface area (Å²) in [6.07, 6.45) is 0.467. The Hall–Kier alpha value is -2.50. The van der Waals surface area contributed by atoms with Gasteiger partial charge < -0.3 is 0 Å². The second-order valence-corrected chi connectivity index (χ2v) is 5.17. The summed E-state index contributed by atoms with van der Waals surface area (Å²) >= 11 is 0. The average Bonchev–Trinajstić information content (AvgIpc) is 2.49. The molecule has 0 spiro atoms. The SMILES string of the molecule is CCc1nc2ccccc2c(=O)n1N(C(C)=O)[C@@H](C)C(C)=O. The molecule has 2 aromatic rings. The highest BCUT2D eigenvalue weighted by atomic mass is 16.2. The summed E-state index contributed by atoms with van der Waals surface area (Å²) in [7, 11) is 0. The number of aromatic nitrogens is 2. The highest BCUT2D eigenvalue weighted by Gasteiger charge is 2.26. The molecule has 0 saturated heterocycles. The fraction of sp³-hybridized carbons (Fsp3) is 0.375. The van der Waals surface area contributed by atoms with Gasteiger partial charge in [0.05, 0.1) is 10.9 Å². The fourth-order valence-electron chi connectivity index (χ4n) is 2.38. The van der Waals surface area contributed by atoms with Crippen LogP contribution in [-0.4, -0.2) is 27.4 Å². The van der Waals surface area contributed by atoms with Crippen molar-refractivity contribution in [1.82, 2.24) is 9.66 Å². The molecule has 1 aromatic carbocycles. The van der Waals surface area contributed by atoms with Crippen LogP contribution < -0.4 is 10.6 Å². The largest absolute Gasteiger partial charge is 0.298 e. The minimum absolute atomic E-state index is 0.197. The van der Waals surface area contributed by atoms with Crippen LogP contribution in [0, 0.1) is 0 Å². The number of amides is 1. The van der Waals surface area contributed by atoms with Crippen LogP contribution >= 0.6 is 0 Å². The molecule has 0 bridgehead atoms. The first kappa shape index (κ1) is 15.9. The summed E-state index contributed by atoms with van der Waals surface area (Å²) in [4.78, 5) is 41.0. The molecule has 1 amide bonds. The molecule has 0 fully saturated rings. The van der Waals surface area contributed by atoms with E-state index in [1.807, 2.05) is 6.92 Å². The number of para-hydroxylation sites is 1. The van der Waals surface area contributed by atoms with E-state index in [1.54, 1.807) is 31.2 Å². The van der Waals surface area contributed by atoms with E-state index < -0.39 is 6.04 Å². The Morgan fingerprint density at radius 1 is 1.27 bits per heavy atom. The molecule has 116 valence electrons. The maximum Gasteiger partial charge on any atom is 0.280 e. The van der Waals surface area contributed by atoms with Crippen molar-refractivity contribution in [2.24, 2.45) is 0 Å². The lowest BCUT2D eigenvalue weighted by Gasteiger charge is -2.29. The van der Waals surface area contributed by atoms with Crippen LogP contribution in [0.2, 0.25) is 0 Å². The molecule has 1 aromatic heterocycles. The molecule has 0 aliphatic carbocycles. The van der Waals surface area contributed by atoms with Crippen LogP contribution in [0.5, 0.6) is 0 Å². The maximum atomic E-state index is 12.8. The highest BCUT2D eigenvalue weighted by Crippen LogP contribution is 2.10. The number of rotatable bonds is 4. The summed E-state index contributed by atoms with van der Waals surface area (Å²) in [6, 6.07) is 6.24. The first-order valence-electron chi connectivity index (χ1n) is 7.19. The molecule has 0 aliphatic heterocycles. The van der Waals surface area contributed by atoms with Crippen molar-refractivity contribution >= 4 is 22.6 Å². The zero-order valence-corrected chi connectivity index (χ0v) is 13.2. The molecule has 1 heterocycles. The van der Waals surface area contributed by atoms with Crippen LogP contribution in [0.1, 0.15) is 33.5 Å². The van der Waals surface area contributed by atoms with Crippen molar-refractivity contribution in [2.75, 3.05) is 5.01 Å². The third-order valence-corrected chi connectivity index (χ3v) is 3.63. The summed E-state index contributed by atoms with van der Waals surface area (Å²) in [5.41, 5.74) is 0.241. The van der Waals surface area contributed by atoms with Gasteiger partial charge in [0.2, 0.25) is 5.91 Å². The molecule has 0 aliphatic rings. The van der Waals surface area contributed by atoms with Crippen LogP contribution in [-0.2, 0) is 16.0 Å². The van der Waals surface area contributed by atoms with Gasteiger partial charge in [0.15, 0.2) is 5.78 Å². The van der Waals surface area contributed by atoms with Crippen molar-refractivity contribution in [3.63, 3.8) is 0 Å². The lowest BCUT2D eigenvalue weighted by molar-refractivity contribution is -0.124. The topological polar surface area (TPSA) is 72.3 Å². The smallest absolute Gasteiger partial charge is 0.280 e. The Bertz CT molecular complexity index is 795. The van der Waals surface area contributed by atoms with Gasteiger partial charge in [0.1, 0.15) is 11.9 Å². The van der Waals surface area contributed by atoms with Crippen molar-refractivity contribution in [1.29, 1.82) is 0 Å². The molecular weight excluding hydrogens is 282 g/mol. The molecular formula is C16H19N3O3. The van der Waals surface area contributed by atoms with Crippen LogP contribution in [0.4, 0.5) is 0 Å². The molecule has 22 heavy (non-hydrogen) atoms. The van der Waals surface area contributed by atoms with Crippen molar-refractivity contribution in [3.8, 4) is 0 Å². The number of Topliss-reactive ketones (excluding diaryl/α,β-unsaturated/α-hetero) is 1. The standard InChI is InChI=1S/C16H19N3O3/c1-5-15-17-14-9-7-6-8-13(14)16(22)19(15)18(12(4)21)10(2)11(3)20/h6-10H,5H2,1-4H3/t10-/m0/s1. The summed E-state index contributed by atoms with van der Waals surface area (Å²) in [6.45, 7) is 6.18. The van der Waals surface area contributed by atoms with Gasteiger partial charge in [-0.3, -0.25) is 14.4 Å². The number of benzene rings is 1. The predicted octanol–water partition coefficient (Wildman–Crippen LogP) is 1.42. The second kappa shape index (κ2) is 6.09. The van der Waals surface area contributed by atoms with Crippen molar-refractivity contribution < 1.29 is 9.59 Å². The first-order chi connectivity index (χ1) is 10.4. The average molecular weight is 301 g/mol. The molecule has 1 atom stereocenters. The van der Waals surface area contributed by atoms with Gasteiger partial charge in [-0.25, -0.2) is 9.99 Å². The van der Waals surface area contributed by atoms with E-state index in [9.17, 15) is 14.4 Å². The molecule has 0 radical (unpaired) electrons. The summed E-state index contributed by atoms with van der Waals surface area (Å²) in [5, 5.41) is 1.60. The Balaban J connectivity index is 2.81. The number of ketones is 1. The third kappa shape index (κ3) is 2.64. The zero-order valence-electron chi connectivity index (χ0n) is 13.2. The van der Waals surface area contributed by atoms with Crippen LogP contribution in [0.25, 0.3) is 10.9 Å². The van der Waals surface area contributed by atoms with Crippen molar-refractivity contribution in [2.45, 2.75) is 40.2 Å². The Morgan fingerprint density at radius 2 is 1.91 bits per heavy atom. The Kier molecular flexibility index (Phi) is 4.40. The van der Waals surface area contributed by atoms with Crippen LogP contribution in [0.3, 0.4) is 0 Å². The summed E-state index contributed by atoms with van der Waals surface area (Å²) in [5.74, 6) is -0.124. The fourth-order valence-corrected chi connectivity index (χ4v) is 2.38. The monoisotopic (exact) mass is 301 g/mol. The molecule has 2 rings (SSSR count). The number of carbonyl (C=O) groups excluding carboxylic acids is 2. The van der Waals surface area contributed by atoms with Gasteiger partial charge in [-0.1, -0.05) is 19.1 Å². The van der Waals surface area contributed by atoms with E-state index >= 15 is 0 Å². The first-order valence-corrected chi connectivity index (χ1v) is 7.19. The number of fused-ring (bicyclic) bond motifs is 1. The lowest BCUT2D eigenvalue weighted by Crippen LogP contribution is -2.54. The predicted molar refractivity (Wildman–Crippen MR) is 84.4 cm³/mol. The maximum absolute atomic E-state index is 12.8. The van der Waals surface area contributed by atoms with Gasteiger partial charge in [0, 0.05) is 13.3 Å². The van der Waals surface area contributed by atoms with E-state index in [1.165, 1.54) is 23.5 Å². The van der Waals surface area contributed by atoms with Crippen LogP contribution in [0.15, 0.2) is 29.1 Å². The molecule has 6 heteroatoms. The van der Waals surface area contributed by atoms with E-state index in [2.05, 4.69) is 4.98 Å². The third-order valence-electron chi connectivity index (χ3n) is 3.63. The number of carbonyl (C=O) groups is 2. The molecule has 0 saturated carbocycles. The van der Waals surface area contributed by atoms with Gasteiger partial charge in [-0.2, -0.15) is 4.68 Å². The van der Waals surface area contributed by atoms with Gasteiger partial charge in [0.25, 0.3) is 5.56 Å². The minimum Gasteiger partial charge on any atom is -0.298 e. The van der Waals surface area contributed by atoms with E-state index in [-0.39, 0.29) is 17.2 Å². The number of hydrogen-bond acceptors (Lipinski definition) is 4. The quantitative estimate of drug-likeness (QED) is 0.856. The second-order valence-electron chi connectivity index (χ2n) is 5.17. The normalized spacial score (nSPS) is 12.2. The Morgan fingerprint density at radius 3 is 2.45 bits per heavy atom. The minimum atomic E-state index is -0.733. The highest BCUT2D eigenvalue weighted by molar-refractivity contribution is 5.94. The number of nitrogens with zero attached hydrogens (tertiary/aromatic N) is 3. The van der Waals surface area contributed by atoms with Gasteiger partial charge in [-0.05, 0) is 26.0 Å². The van der Waals surface area contributed by atoms with Gasteiger partial charge in [-0.15, -0.1) is 0 Å². The van der Waals surface area contributed by atoms with E-state index in [4.69, 9.17) is 0 Å².